The topological polar surface area (TPSA) is 33.1 Å². The normalized spacial score (nSPS) is 17.3. The Labute approximate surface area is 120 Å². The minimum absolute atomic E-state index is 0.524. The first-order valence-corrected chi connectivity index (χ1v) is 7.29. The summed E-state index contributed by atoms with van der Waals surface area (Å²) in [5.74, 6) is 0.961. The second kappa shape index (κ2) is 5.67. The summed E-state index contributed by atoms with van der Waals surface area (Å²) in [6, 6.07) is 10.9. The lowest BCUT2D eigenvalue weighted by Crippen LogP contribution is -2.37. The van der Waals surface area contributed by atoms with Crippen LogP contribution in [0.15, 0.2) is 36.5 Å². The molecule has 1 saturated heterocycles. The molecule has 20 heavy (non-hydrogen) atoms. The van der Waals surface area contributed by atoms with Gasteiger partial charge in [-0.3, -0.25) is 4.57 Å². The van der Waals surface area contributed by atoms with E-state index in [-0.39, 0.29) is 0 Å². The first-order valence-electron chi connectivity index (χ1n) is 7.29. The zero-order valence-electron chi connectivity index (χ0n) is 12.2. The van der Waals surface area contributed by atoms with Gasteiger partial charge in [-0.15, -0.1) is 0 Å². The molecule has 4 nitrogen and oxygen atoms in total. The summed E-state index contributed by atoms with van der Waals surface area (Å²) in [6.07, 6.45) is 4.45. The van der Waals surface area contributed by atoms with Gasteiger partial charge < -0.3 is 10.2 Å². The molecule has 106 valence electrons. The molecular formula is C16H22N4. The number of nitrogens with zero attached hydrogens (tertiary/aromatic N) is 3. The molecule has 0 radical (unpaired) electrons. The molecule has 3 rings (SSSR count). The fourth-order valence-corrected chi connectivity index (χ4v) is 2.72. The van der Waals surface area contributed by atoms with Crippen LogP contribution in [0.5, 0.6) is 0 Å². The first kappa shape index (κ1) is 13.2. The molecule has 2 heterocycles. The molecule has 1 aliphatic rings. The van der Waals surface area contributed by atoms with Crippen molar-refractivity contribution in [2.24, 2.45) is 0 Å². The minimum Gasteiger partial charge on any atom is -0.353 e. The van der Waals surface area contributed by atoms with E-state index in [1.54, 1.807) is 0 Å². The average Bonchev–Trinajstić information content (AvgIpc) is 2.83. The number of nitrogens with one attached hydrogen (secondary N) is 1. The van der Waals surface area contributed by atoms with E-state index in [1.807, 2.05) is 13.0 Å². The van der Waals surface area contributed by atoms with Crippen molar-refractivity contribution < 1.29 is 0 Å². The number of anilines is 1. The van der Waals surface area contributed by atoms with Crippen LogP contribution in [0.4, 0.5) is 5.95 Å². The van der Waals surface area contributed by atoms with E-state index in [9.17, 15) is 0 Å². The maximum atomic E-state index is 4.64. The van der Waals surface area contributed by atoms with Crippen LogP contribution in [0.2, 0.25) is 0 Å². The third-order valence-electron chi connectivity index (χ3n) is 3.91. The highest BCUT2D eigenvalue weighted by Crippen LogP contribution is 2.19. The molecule has 1 fully saturated rings. The molecule has 0 atom stereocenters. The maximum Gasteiger partial charge on any atom is 0.207 e. The number of aromatic nitrogens is 2. The van der Waals surface area contributed by atoms with Crippen molar-refractivity contribution in [2.45, 2.75) is 25.8 Å². The minimum atomic E-state index is 0.524. The van der Waals surface area contributed by atoms with Crippen LogP contribution in [-0.2, 0) is 0 Å². The van der Waals surface area contributed by atoms with E-state index >= 15 is 0 Å². The van der Waals surface area contributed by atoms with Crippen molar-refractivity contribution in [3.05, 3.63) is 42.2 Å². The van der Waals surface area contributed by atoms with E-state index in [1.165, 1.54) is 12.8 Å². The standard InChI is InChI=1S/C16H22N4/c1-13-12-20(15-6-4-3-5-7-15)16(17-13)18-14-8-10-19(2)11-9-14/h3-7,12,14H,8-11H2,1-2H3,(H,17,18). The third kappa shape index (κ3) is 2.85. The van der Waals surface area contributed by atoms with E-state index in [4.69, 9.17) is 0 Å². The van der Waals surface area contributed by atoms with Gasteiger partial charge in [0, 0.05) is 17.9 Å². The molecule has 0 aliphatic carbocycles. The van der Waals surface area contributed by atoms with Crippen LogP contribution < -0.4 is 5.32 Å². The highest BCUT2D eigenvalue weighted by molar-refractivity contribution is 5.43. The first-order chi connectivity index (χ1) is 9.72. The van der Waals surface area contributed by atoms with Gasteiger partial charge in [0.05, 0.1) is 5.69 Å². The van der Waals surface area contributed by atoms with Gasteiger partial charge in [-0.2, -0.15) is 0 Å². The number of para-hydroxylation sites is 1. The Morgan fingerprint density at radius 2 is 1.85 bits per heavy atom. The number of benzene rings is 1. The summed E-state index contributed by atoms with van der Waals surface area (Å²) in [5.41, 5.74) is 2.20. The van der Waals surface area contributed by atoms with Gasteiger partial charge in [-0.25, -0.2) is 4.98 Å². The lowest BCUT2D eigenvalue weighted by Gasteiger charge is -2.29. The van der Waals surface area contributed by atoms with Crippen molar-refractivity contribution in [1.29, 1.82) is 0 Å². The summed E-state index contributed by atoms with van der Waals surface area (Å²) < 4.78 is 2.15. The molecule has 0 saturated carbocycles. The largest absolute Gasteiger partial charge is 0.353 e. The predicted molar refractivity (Wildman–Crippen MR) is 82.4 cm³/mol. The van der Waals surface area contributed by atoms with E-state index < -0.39 is 0 Å². The third-order valence-corrected chi connectivity index (χ3v) is 3.91. The summed E-state index contributed by atoms with van der Waals surface area (Å²) in [7, 11) is 2.19. The monoisotopic (exact) mass is 270 g/mol. The molecule has 0 bridgehead atoms. The van der Waals surface area contributed by atoms with Crippen LogP contribution >= 0.6 is 0 Å². The molecule has 2 aromatic rings. The summed E-state index contributed by atoms with van der Waals surface area (Å²) in [6.45, 7) is 4.35. The smallest absolute Gasteiger partial charge is 0.207 e. The van der Waals surface area contributed by atoms with Crippen LogP contribution in [0.3, 0.4) is 0 Å². The fraction of sp³-hybridized carbons (Fsp3) is 0.438. The van der Waals surface area contributed by atoms with Crippen LogP contribution in [0, 0.1) is 6.92 Å². The average molecular weight is 270 g/mol. The molecule has 0 spiro atoms. The van der Waals surface area contributed by atoms with Crippen LogP contribution in [-0.4, -0.2) is 40.6 Å². The number of imidazole rings is 1. The van der Waals surface area contributed by atoms with Crippen molar-refractivity contribution in [1.82, 2.24) is 14.5 Å². The molecule has 1 N–H and O–H groups in total. The van der Waals surface area contributed by atoms with Gasteiger partial charge in [0.15, 0.2) is 0 Å². The second-order valence-electron chi connectivity index (χ2n) is 5.63. The summed E-state index contributed by atoms with van der Waals surface area (Å²) in [4.78, 5) is 7.02. The van der Waals surface area contributed by atoms with Crippen LogP contribution in [0.25, 0.3) is 5.69 Å². The number of hydrogen-bond acceptors (Lipinski definition) is 3. The molecule has 1 aliphatic heterocycles. The van der Waals surface area contributed by atoms with Gasteiger partial charge in [0.25, 0.3) is 0 Å². The number of aryl methyl sites for hydroxylation is 1. The molecular weight excluding hydrogens is 248 g/mol. The lowest BCUT2D eigenvalue weighted by atomic mass is 10.1. The highest BCUT2D eigenvalue weighted by Gasteiger charge is 2.18. The Bertz CT molecular complexity index is 553. The molecule has 0 amide bonds. The number of hydrogen-bond donors (Lipinski definition) is 1. The van der Waals surface area contributed by atoms with Crippen molar-refractivity contribution in [3.63, 3.8) is 0 Å². The summed E-state index contributed by atoms with van der Waals surface area (Å²) >= 11 is 0. The molecule has 0 unspecified atom stereocenters. The molecule has 1 aromatic carbocycles. The quantitative estimate of drug-likeness (QED) is 0.931. The van der Waals surface area contributed by atoms with Gasteiger partial charge in [-0.05, 0) is 52.0 Å². The number of piperidine rings is 1. The fourth-order valence-electron chi connectivity index (χ4n) is 2.72. The van der Waals surface area contributed by atoms with Gasteiger partial charge in [0.2, 0.25) is 5.95 Å². The predicted octanol–water partition coefficient (Wildman–Crippen LogP) is 2.69. The Balaban J connectivity index is 1.80. The van der Waals surface area contributed by atoms with Gasteiger partial charge in [0.1, 0.15) is 0 Å². The van der Waals surface area contributed by atoms with Gasteiger partial charge in [-0.1, -0.05) is 18.2 Å². The van der Waals surface area contributed by atoms with Crippen molar-refractivity contribution in [2.75, 3.05) is 25.5 Å². The Hall–Kier alpha value is -1.81. The molecule has 4 heteroatoms. The maximum absolute atomic E-state index is 4.64. The van der Waals surface area contributed by atoms with Crippen molar-refractivity contribution >= 4 is 5.95 Å². The Morgan fingerprint density at radius 3 is 2.55 bits per heavy atom. The Morgan fingerprint density at radius 1 is 1.15 bits per heavy atom. The Kier molecular flexibility index (Phi) is 3.74. The van der Waals surface area contributed by atoms with E-state index in [0.717, 1.165) is 30.4 Å². The SMILES string of the molecule is Cc1cn(-c2ccccc2)c(NC2CCN(C)CC2)n1. The number of likely N-dealkylation sites (tertiary alicyclic amines) is 1. The number of rotatable bonds is 3. The zero-order valence-corrected chi connectivity index (χ0v) is 12.2. The molecule has 1 aromatic heterocycles. The van der Waals surface area contributed by atoms with Gasteiger partial charge >= 0.3 is 0 Å². The second-order valence-corrected chi connectivity index (χ2v) is 5.63. The van der Waals surface area contributed by atoms with E-state index in [2.05, 4.69) is 57.3 Å². The zero-order chi connectivity index (χ0) is 13.9. The lowest BCUT2D eigenvalue weighted by molar-refractivity contribution is 0.263. The summed E-state index contributed by atoms with van der Waals surface area (Å²) in [5, 5.41) is 3.61. The van der Waals surface area contributed by atoms with Crippen LogP contribution in [0.1, 0.15) is 18.5 Å². The highest BCUT2D eigenvalue weighted by atomic mass is 15.2. The van der Waals surface area contributed by atoms with Crippen molar-refractivity contribution in [3.8, 4) is 5.69 Å². The van der Waals surface area contributed by atoms with E-state index in [0.29, 0.717) is 6.04 Å².